The van der Waals surface area contributed by atoms with Crippen molar-refractivity contribution < 1.29 is 14.7 Å². The van der Waals surface area contributed by atoms with Crippen molar-refractivity contribution in [3.8, 4) is 0 Å². The molecule has 3 unspecified atom stereocenters. The van der Waals surface area contributed by atoms with E-state index in [2.05, 4.69) is 20.8 Å². The fourth-order valence-corrected chi connectivity index (χ4v) is 3.84. The minimum atomic E-state index is -0.815. The largest absolute Gasteiger partial charge is 0.465 e. The van der Waals surface area contributed by atoms with Gasteiger partial charge in [-0.25, -0.2) is 4.79 Å². The molecule has 4 heteroatoms. The van der Waals surface area contributed by atoms with Crippen LogP contribution >= 0.6 is 0 Å². The Morgan fingerprint density at radius 1 is 1.33 bits per heavy atom. The van der Waals surface area contributed by atoms with E-state index < -0.39 is 6.09 Å². The van der Waals surface area contributed by atoms with Gasteiger partial charge in [0.25, 0.3) is 0 Å². The van der Waals surface area contributed by atoms with Gasteiger partial charge in [0.15, 0.2) is 0 Å². The lowest BCUT2D eigenvalue weighted by atomic mass is 9.64. The van der Waals surface area contributed by atoms with Crippen molar-refractivity contribution in [1.82, 2.24) is 4.90 Å². The number of carboxylic acid groups (broad SMARTS) is 1. The zero-order chi connectivity index (χ0) is 13.5. The van der Waals surface area contributed by atoms with Crippen LogP contribution in [0.15, 0.2) is 0 Å². The molecule has 1 saturated heterocycles. The number of carbonyl (C=O) groups is 2. The summed E-state index contributed by atoms with van der Waals surface area (Å²) in [6, 6.07) is 0.0434. The molecule has 102 valence electrons. The molecule has 2 rings (SSSR count). The van der Waals surface area contributed by atoms with Crippen molar-refractivity contribution in [3.05, 3.63) is 0 Å². The number of rotatable bonds is 0. The number of nitrogens with zero attached hydrogens (tertiary/aromatic N) is 1. The molecule has 2 fully saturated rings. The first-order chi connectivity index (χ1) is 8.30. The molecular weight excluding hydrogens is 230 g/mol. The molecule has 0 radical (unpaired) electrons. The highest BCUT2D eigenvalue weighted by Crippen LogP contribution is 2.44. The second-order valence-corrected chi connectivity index (χ2v) is 6.78. The van der Waals surface area contributed by atoms with E-state index in [0.29, 0.717) is 37.0 Å². The van der Waals surface area contributed by atoms with Gasteiger partial charge in [0.1, 0.15) is 5.78 Å². The maximum absolute atomic E-state index is 11.6. The Hall–Kier alpha value is -1.06. The summed E-state index contributed by atoms with van der Waals surface area (Å²) < 4.78 is 0. The fraction of sp³-hybridized carbons (Fsp3) is 0.857. The van der Waals surface area contributed by atoms with Crippen LogP contribution in [0.1, 0.15) is 46.5 Å². The Morgan fingerprint density at radius 2 is 2.00 bits per heavy atom. The van der Waals surface area contributed by atoms with Crippen LogP contribution in [0, 0.1) is 17.3 Å². The number of hydrogen-bond donors (Lipinski definition) is 1. The van der Waals surface area contributed by atoms with E-state index in [0.717, 1.165) is 12.8 Å². The molecule has 18 heavy (non-hydrogen) atoms. The number of hydrogen-bond acceptors (Lipinski definition) is 2. The molecule has 1 N–H and O–H groups in total. The van der Waals surface area contributed by atoms with Crippen LogP contribution in [0.3, 0.4) is 0 Å². The molecule has 1 aliphatic heterocycles. The van der Waals surface area contributed by atoms with Gasteiger partial charge >= 0.3 is 6.09 Å². The first kappa shape index (κ1) is 13.4. The molecule has 1 amide bonds. The Labute approximate surface area is 108 Å². The van der Waals surface area contributed by atoms with Crippen LogP contribution in [0.2, 0.25) is 0 Å². The normalized spacial score (nSPS) is 33.2. The third-order valence-corrected chi connectivity index (χ3v) is 4.47. The first-order valence-corrected chi connectivity index (χ1v) is 6.82. The van der Waals surface area contributed by atoms with Crippen molar-refractivity contribution in [2.24, 2.45) is 17.3 Å². The average Bonchev–Trinajstić information content (AvgIpc) is 2.25. The maximum Gasteiger partial charge on any atom is 0.407 e. The highest BCUT2D eigenvalue weighted by atomic mass is 16.4. The minimum absolute atomic E-state index is 0.0434. The second kappa shape index (κ2) is 4.56. The standard InChI is InChI=1S/C14H23NO3/c1-14(2,3)12-11-5-4-10(16)8-9(11)6-7-15(12)13(17)18/h9,11-12H,4-8H2,1-3H3,(H,17,18). The van der Waals surface area contributed by atoms with E-state index in [1.165, 1.54) is 0 Å². The topological polar surface area (TPSA) is 57.6 Å². The van der Waals surface area contributed by atoms with Gasteiger partial charge in [-0.1, -0.05) is 20.8 Å². The lowest BCUT2D eigenvalue weighted by molar-refractivity contribution is -0.125. The molecule has 0 aromatic rings. The van der Waals surface area contributed by atoms with Gasteiger partial charge in [-0.15, -0.1) is 0 Å². The molecule has 4 nitrogen and oxygen atoms in total. The average molecular weight is 253 g/mol. The molecule has 0 spiro atoms. The number of carbonyl (C=O) groups excluding carboxylic acids is 1. The van der Waals surface area contributed by atoms with Crippen LogP contribution in [-0.4, -0.2) is 34.5 Å². The van der Waals surface area contributed by atoms with Crippen molar-refractivity contribution in [2.75, 3.05) is 6.54 Å². The van der Waals surface area contributed by atoms with E-state index in [4.69, 9.17) is 0 Å². The quantitative estimate of drug-likeness (QED) is 0.722. The fourth-order valence-electron chi connectivity index (χ4n) is 3.84. The molecule has 3 atom stereocenters. The molecule has 0 bridgehead atoms. The van der Waals surface area contributed by atoms with Crippen LogP contribution < -0.4 is 0 Å². The van der Waals surface area contributed by atoms with Crippen molar-refractivity contribution in [3.63, 3.8) is 0 Å². The van der Waals surface area contributed by atoms with Gasteiger partial charge < -0.3 is 10.0 Å². The SMILES string of the molecule is CC(C)(C)C1C2CCC(=O)CC2CCN1C(=O)O. The monoisotopic (exact) mass is 253 g/mol. The third kappa shape index (κ3) is 2.38. The van der Waals surface area contributed by atoms with Gasteiger partial charge in [0.2, 0.25) is 0 Å². The summed E-state index contributed by atoms with van der Waals surface area (Å²) in [5, 5.41) is 9.37. The number of ketones is 1. The molecular formula is C14H23NO3. The number of piperidine rings is 1. The highest BCUT2D eigenvalue weighted by Gasteiger charge is 2.47. The van der Waals surface area contributed by atoms with Gasteiger partial charge in [-0.2, -0.15) is 0 Å². The molecule has 1 heterocycles. The van der Waals surface area contributed by atoms with E-state index in [-0.39, 0.29) is 11.5 Å². The first-order valence-electron chi connectivity index (χ1n) is 6.82. The smallest absolute Gasteiger partial charge is 0.407 e. The van der Waals surface area contributed by atoms with Crippen LogP contribution in [0.25, 0.3) is 0 Å². The summed E-state index contributed by atoms with van der Waals surface area (Å²) in [5.41, 5.74) is -0.0673. The lowest BCUT2D eigenvalue weighted by Gasteiger charge is -2.51. The molecule has 0 aromatic carbocycles. The van der Waals surface area contributed by atoms with E-state index >= 15 is 0 Å². The third-order valence-electron chi connectivity index (χ3n) is 4.47. The summed E-state index contributed by atoms with van der Waals surface area (Å²) in [6.07, 6.45) is 2.17. The van der Waals surface area contributed by atoms with Crippen molar-refractivity contribution >= 4 is 11.9 Å². The van der Waals surface area contributed by atoms with E-state index in [9.17, 15) is 14.7 Å². The molecule has 1 aliphatic carbocycles. The van der Waals surface area contributed by atoms with Crippen molar-refractivity contribution in [1.29, 1.82) is 0 Å². The van der Waals surface area contributed by atoms with Gasteiger partial charge in [0.05, 0.1) is 0 Å². The summed E-state index contributed by atoms with van der Waals surface area (Å²) in [6.45, 7) is 6.89. The van der Waals surface area contributed by atoms with E-state index in [1.54, 1.807) is 4.90 Å². The van der Waals surface area contributed by atoms with Crippen LogP contribution in [0.5, 0.6) is 0 Å². The number of Topliss-reactive ketones (excluding diaryl/α,β-unsaturated/α-hetero) is 1. The summed E-state index contributed by atoms with van der Waals surface area (Å²) >= 11 is 0. The number of amides is 1. The van der Waals surface area contributed by atoms with Gasteiger partial charge in [-0.05, 0) is 30.1 Å². The number of fused-ring (bicyclic) bond motifs is 1. The maximum atomic E-state index is 11.6. The van der Waals surface area contributed by atoms with Gasteiger partial charge in [-0.3, -0.25) is 4.79 Å². The molecule has 1 saturated carbocycles. The minimum Gasteiger partial charge on any atom is -0.465 e. The highest BCUT2D eigenvalue weighted by molar-refractivity contribution is 5.79. The second-order valence-electron chi connectivity index (χ2n) is 6.78. The molecule has 0 aromatic heterocycles. The summed E-state index contributed by atoms with van der Waals surface area (Å²) in [5.74, 6) is 1.10. The molecule has 2 aliphatic rings. The van der Waals surface area contributed by atoms with Crippen LogP contribution in [0.4, 0.5) is 4.79 Å². The van der Waals surface area contributed by atoms with E-state index in [1.807, 2.05) is 0 Å². The van der Waals surface area contributed by atoms with Crippen molar-refractivity contribution in [2.45, 2.75) is 52.5 Å². The Kier molecular flexibility index (Phi) is 3.39. The zero-order valence-electron chi connectivity index (χ0n) is 11.5. The number of likely N-dealkylation sites (tertiary alicyclic amines) is 1. The summed E-state index contributed by atoms with van der Waals surface area (Å²) in [7, 11) is 0. The lowest BCUT2D eigenvalue weighted by Crippen LogP contribution is -2.58. The predicted molar refractivity (Wildman–Crippen MR) is 68.4 cm³/mol. The zero-order valence-corrected chi connectivity index (χ0v) is 11.5. The Bertz CT molecular complexity index is 359. The Morgan fingerprint density at radius 3 is 2.56 bits per heavy atom. The Balaban J connectivity index is 2.26. The van der Waals surface area contributed by atoms with Gasteiger partial charge in [0, 0.05) is 25.4 Å². The predicted octanol–water partition coefficient (Wildman–Crippen LogP) is 2.77. The van der Waals surface area contributed by atoms with Crippen LogP contribution in [-0.2, 0) is 4.79 Å². The summed E-state index contributed by atoms with van der Waals surface area (Å²) in [4.78, 5) is 24.6.